The zero-order valence-electron chi connectivity index (χ0n) is 16.4. The van der Waals surface area contributed by atoms with E-state index in [4.69, 9.17) is 4.74 Å². The minimum atomic E-state index is -0.235. The number of amides is 1. The smallest absolute Gasteiger partial charge is 0.246 e. The van der Waals surface area contributed by atoms with Crippen LogP contribution in [-0.2, 0) is 16.6 Å². The Balaban J connectivity index is 1.45. The van der Waals surface area contributed by atoms with Gasteiger partial charge in [-0.2, -0.15) is 5.10 Å². The van der Waals surface area contributed by atoms with E-state index in [1.165, 1.54) is 31.4 Å². The van der Waals surface area contributed by atoms with Crippen molar-refractivity contribution in [3.05, 3.63) is 41.8 Å². The normalized spacial score (nSPS) is 26.4. The molecule has 3 aliphatic rings. The van der Waals surface area contributed by atoms with Gasteiger partial charge < -0.3 is 10.1 Å². The van der Waals surface area contributed by atoms with Crippen LogP contribution in [0.2, 0.25) is 0 Å². The van der Waals surface area contributed by atoms with Gasteiger partial charge in [0.1, 0.15) is 12.4 Å². The van der Waals surface area contributed by atoms with Crippen molar-refractivity contribution in [3.8, 4) is 11.3 Å². The number of piperidine rings is 3. The standard InChI is InChI=1S/C21H27FN4O2/c1-25-20(10-19(24-25)14-3-5-16(22)6-4-14)18-12-26-8-7-15(18)9-17(26)11-23-21(27)13-28-2/h3-6,10,15,17-18H,7-9,11-13H2,1-2H3,(H,23,27)/t15-,17+,18+/m0/s1. The number of fused-ring (bicyclic) bond motifs is 3. The van der Waals surface area contributed by atoms with Gasteiger partial charge in [-0.25, -0.2) is 4.39 Å². The highest BCUT2D eigenvalue weighted by Gasteiger charge is 2.41. The number of carbonyl (C=O) groups excluding carboxylic acids is 1. The van der Waals surface area contributed by atoms with Gasteiger partial charge in [0.05, 0.1) is 5.69 Å². The molecular weight excluding hydrogens is 359 g/mol. The Kier molecular flexibility index (Phi) is 5.46. The van der Waals surface area contributed by atoms with E-state index in [-0.39, 0.29) is 18.3 Å². The molecule has 1 N–H and O–H groups in total. The molecule has 1 amide bonds. The van der Waals surface area contributed by atoms with E-state index in [0.29, 0.717) is 24.4 Å². The Morgan fingerprint density at radius 1 is 1.36 bits per heavy atom. The van der Waals surface area contributed by atoms with Crippen molar-refractivity contribution < 1.29 is 13.9 Å². The molecule has 2 aromatic rings. The van der Waals surface area contributed by atoms with E-state index in [2.05, 4.69) is 21.4 Å². The Labute approximate surface area is 164 Å². The summed E-state index contributed by atoms with van der Waals surface area (Å²) in [5, 5.41) is 7.65. The van der Waals surface area contributed by atoms with E-state index >= 15 is 0 Å². The maximum absolute atomic E-state index is 13.2. The van der Waals surface area contributed by atoms with Crippen molar-refractivity contribution in [2.45, 2.75) is 24.8 Å². The number of aryl methyl sites for hydroxylation is 1. The summed E-state index contributed by atoms with van der Waals surface area (Å²) in [6, 6.07) is 9.03. The molecule has 7 heteroatoms. The largest absolute Gasteiger partial charge is 0.375 e. The summed E-state index contributed by atoms with van der Waals surface area (Å²) in [6.07, 6.45) is 2.25. The number of carbonyl (C=O) groups is 1. The second-order valence-electron chi connectivity index (χ2n) is 7.86. The number of benzene rings is 1. The second-order valence-corrected chi connectivity index (χ2v) is 7.86. The first-order chi connectivity index (χ1) is 13.5. The van der Waals surface area contributed by atoms with Crippen molar-refractivity contribution in [1.82, 2.24) is 20.0 Å². The molecule has 150 valence electrons. The highest BCUT2D eigenvalue weighted by molar-refractivity contribution is 5.77. The number of nitrogens with zero attached hydrogens (tertiary/aromatic N) is 3. The fourth-order valence-corrected chi connectivity index (χ4v) is 4.69. The van der Waals surface area contributed by atoms with Crippen LogP contribution in [0.1, 0.15) is 24.5 Å². The first-order valence-corrected chi connectivity index (χ1v) is 9.84. The number of rotatable bonds is 6. The molecule has 3 aliphatic heterocycles. The quantitative estimate of drug-likeness (QED) is 0.827. The third-order valence-corrected chi connectivity index (χ3v) is 6.12. The zero-order chi connectivity index (χ0) is 19.7. The molecule has 4 heterocycles. The van der Waals surface area contributed by atoms with Gasteiger partial charge in [0.25, 0.3) is 0 Å². The van der Waals surface area contributed by atoms with Crippen molar-refractivity contribution in [1.29, 1.82) is 0 Å². The molecule has 1 aromatic carbocycles. The van der Waals surface area contributed by atoms with Crippen molar-refractivity contribution in [2.75, 3.05) is 33.4 Å². The highest BCUT2D eigenvalue weighted by Crippen LogP contribution is 2.42. The number of hydrogen-bond donors (Lipinski definition) is 1. The summed E-state index contributed by atoms with van der Waals surface area (Å²) < 4.78 is 20.1. The first kappa shape index (κ1) is 19.1. The fourth-order valence-electron chi connectivity index (χ4n) is 4.69. The van der Waals surface area contributed by atoms with Crippen LogP contribution in [0.4, 0.5) is 4.39 Å². The highest BCUT2D eigenvalue weighted by atomic mass is 19.1. The van der Waals surface area contributed by atoms with Gasteiger partial charge in [0.2, 0.25) is 5.91 Å². The zero-order valence-corrected chi connectivity index (χ0v) is 16.4. The molecule has 3 saturated heterocycles. The average molecular weight is 386 g/mol. The molecule has 0 aliphatic carbocycles. The molecule has 1 aromatic heterocycles. The Morgan fingerprint density at radius 3 is 2.82 bits per heavy atom. The molecule has 3 fully saturated rings. The lowest BCUT2D eigenvalue weighted by Crippen LogP contribution is -2.56. The number of aromatic nitrogens is 2. The second kappa shape index (κ2) is 8.01. The number of nitrogens with one attached hydrogen (secondary N) is 1. The molecule has 2 bridgehead atoms. The van der Waals surface area contributed by atoms with Gasteiger partial charge in [-0.15, -0.1) is 0 Å². The third-order valence-electron chi connectivity index (χ3n) is 6.12. The lowest BCUT2D eigenvalue weighted by molar-refractivity contribution is -0.125. The van der Waals surface area contributed by atoms with Gasteiger partial charge in [-0.1, -0.05) is 0 Å². The summed E-state index contributed by atoms with van der Waals surface area (Å²) >= 11 is 0. The van der Waals surface area contributed by atoms with Crippen molar-refractivity contribution >= 4 is 5.91 Å². The van der Waals surface area contributed by atoms with E-state index in [1.54, 1.807) is 12.1 Å². The topological polar surface area (TPSA) is 59.4 Å². The Hall–Kier alpha value is -2.25. The van der Waals surface area contributed by atoms with Crippen LogP contribution < -0.4 is 5.32 Å². The molecule has 1 unspecified atom stereocenters. The SMILES string of the molecule is COCC(=O)NC[C@H]1C[C@@H]2CCN1C[C@H]2c1cc(-c2ccc(F)cc2)nn1C. The summed E-state index contributed by atoms with van der Waals surface area (Å²) in [4.78, 5) is 14.2. The van der Waals surface area contributed by atoms with Crippen LogP contribution in [0.25, 0.3) is 11.3 Å². The van der Waals surface area contributed by atoms with Crippen LogP contribution in [-0.4, -0.2) is 60.0 Å². The molecule has 6 nitrogen and oxygen atoms in total. The maximum atomic E-state index is 13.2. The molecule has 0 spiro atoms. The number of hydrogen-bond acceptors (Lipinski definition) is 4. The Bertz CT molecular complexity index is 835. The molecule has 4 atom stereocenters. The minimum Gasteiger partial charge on any atom is -0.375 e. The van der Waals surface area contributed by atoms with Crippen LogP contribution >= 0.6 is 0 Å². The van der Waals surface area contributed by atoms with Crippen molar-refractivity contribution in [3.63, 3.8) is 0 Å². The average Bonchev–Trinajstić information content (AvgIpc) is 3.09. The van der Waals surface area contributed by atoms with Crippen molar-refractivity contribution in [2.24, 2.45) is 13.0 Å². The predicted octanol–water partition coefficient (Wildman–Crippen LogP) is 2.17. The first-order valence-electron chi connectivity index (χ1n) is 9.84. The van der Waals surface area contributed by atoms with Gasteiger partial charge >= 0.3 is 0 Å². The van der Waals surface area contributed by atoms with Crippen LogP contribution in [0, 0.1) is 11.7 Å². The predicted molar refractivity (Wildman–Crippen MR) is 104 cm³/mol. The van der Waals surface area contributed by atoms with Crippen LogP contribution in [0.15, 0.2) is 30.3 Å². The summed E-state index contributed by atoms with van der Waals surface area (Å²) in [7, 11) is 3.52. The number of ether oxygens (including phenoxy) is 1. The maximum Gasteiger partial charge on any atom is 0.246 e. The lowest BCUT2D eigenvalue weighted by Gasteiger charge is -2.50. The number of methoxy groups -OCH3 is 1. The van der Waals surface area contributed by atoms with Crippen LogP contribution in [0.5, 0.6) is 0 Å². The van der Waals surface area contributed by atoms with Gasteiger partial charge in [0.15, 0.2) is 0 Å². The van der Waals surface area contributed by atoms with E-state index < -0.39 is 0 Å². The summed E-state index contributed by atoms with van der Waals surface area (Å²) in [5.41, 5.74) is 3.05. The van der Waals surface area contributed by atoms with Gasteiger partial charge in [-0.05, 0) is 55.6 Å². The van der Waals surface area contributed by atoms with Gasteiger partial charge in [0, 0.05) is 50.5 Å². The minimum absolute atomic E-state index is 0.0581. The van der Waals surface area contributed by atoms with E-state index in [1.807, 2.05) is 11.7 Å². The molecular formula is C21H27FN4O2. The molecule has 0 radical (unpaired) electrons. The molecule has 0 saturated carbocycles. The molecule has 5 rings (SSSR count). The Morgan fingerprint density at radius 2 is 2.14 bits per heavy atom. The molecule has 28 heavy (non-hydrogen) atoms. The summed E-state index contributed by atoms with van der Waals surface area (Å²) in [5.74, 6) is 0.732. The van der Waals surface area contributed by atoms with E-state index in [9.17, 15) is 9.18 Å². The van der Waals surface area contributed by atoms with Crippen LogP contribution in [0.3, 0.4) is 0 Å². The van der Waals surface area contributed by atoms with Gasteiger partial charge in [-0.3, -0.25) is 14.4 Å². The third kappa shape index (κ3) is 3.82. The summed E-state index contributed by atoms with van der Waals surface area (Å²) in [6.45, 7) is 2.85. The monoisotopic (exact) mass is 386 g/mol. The lowest BCUT2D eigenvalue weighted by atomic mass is 9.74. The number of halogens is 1. The van der Waals surface area contributed by atoms with E-state index in [0.717, 1.165) is 30.8 Å². The fraction of sp³-hybridized carbons (Fsp3) is 0.524.